The van der Waals surface area contributed by atoms with Crippen LogP contribution in [0.1, 0.15) is 24.9 Å². The number of furan rings is 1. The highest BCUT2D eigenvalue weighted by molar-refractivity contribution is 7.98. The second-order valence-electron chi connectivity index (χ2n) is 4.10. The molecule has 1 rings (SSSR count). The van der Waals surface area contributed by atoms with Crippen LogP contribution in [-0.2, 0) is 0 Å². The Labute approximate surface area is 102 Å². The number of hydrogen-bond acceptors (Lipinski definition) is 4. The summed E-state index contributed by atoms with van der Waals surface area (Å²) in [7, 11) is 2.13. The largest absolute Gasteiger partial charge is 0.472 e. The van der Waals surface area contributed by atoms with Gasteiger partial charge in [0.15, 0.2) is 0 Å². The maximum atomic E-state index is 5.84. The van der Waals surface area contributed by atoms with Crippen molar-refractivity contribution in [3.05, 3.63) is 24.2 Å². The highest BCUT2D eigenvalue weighted by Crippen LogP contribution is 2.22. The fraction of sp³-hybridized carbons (Fsp3) is 0.667. The number of likely N-dealkylation sites (N-methyl/N-ethyl adjacent to an activating group) is 1. The lowest BCUT2D eigenvalue weighted by atomic mass is 10.1. The van der Waals surface area contributed by atoms with Gasteiger partial charge in [0, 0.05) is 18.2 Å². The number of nitrogens with zero attached hydrogens (tertiary/aromatic N) is 1. The number of nitrogens with two attached hydrogens (primary N) is 1. The zero-order valence-corrected chi connectivity index (χ0v) is 11.2. The summed E-state index contributed by atoms with van der Waals surface area (Å²) in [6.45, 7) is 2.87. The molecule has 92 valence electrons. The monoisotopic (exact) mass is 242 g/mol. The third-order valence-electron chi connectivity index (χ3n) is 3.08. The molecule has 4 heteroatoms. The van der Waals surface area contributed by atoms with Gasteiger partial charge in [-0.2, -0.15) is 11.8 Å². The minimum absolute atomic E-state index is 0.260. The van der Waals surface area contributed by atoms with Crippen LogP contribution in [0.25, 0.3) is 0 Å². The summed E-state index contributed by atoms with van der Waals surface area (Å²) in [5, 5.41) is 0. The maximum absolute atomic E-state index is 5.84. The first-order chi connectivity index (χ1) is 7.70. The summed E-state index contributed by atoms with van der Waals surface area (Å²) < 4.78 is 5.12. The summed E-state index contributed by atoms with van der Waals surface area (Å²) in [6, 6.07) is 2.79. The van der Waals surface area contributed by atoms with Crippen molar-refractivity contribution in [1.82, 2.24) is 4.90 Å². The van der Waals surface area contributed by atoms with Gasteiger partial charge in [-0.3, -0.25) is 4.90 Å². The lowest BCUT2D eigenvalue weighted by molar-refractivity contribution is 0.185. The third kappa shape index (κ3) is 3.54. The molecule has 0 bridgehead atoms. The summed E-state index contributed by atoms with van der Waals surface area (Å²) in [6.07, 6.45) is 6.82. The highest BCUT2D eigenvalue weighted by Gasteiger charge is 2.20. The zero-order valence-electron chi connectivity index (χ0n) is 10.3. The van der Waals surface area contributed by atoms with Gasteiger partial charge in [0.1, 0.15) is 0 Å². The standard InChI is InChI=1S/C12H22N2OS/c1-10(5-7-16-3)14(2)12(8-13)11-4-6-15-9-11/h4,6,9-10,12H,5,7-8,13H2,1-3H3. The van der Waals surface area contributed by atoms with E-state index in [0.717, 1.165) is 0 Å². The molecule has 0 spiro atoms. The van der Waals surface area contributed by atoms with Gasteiger partial charge in [0.2, 0.25) is 0 Å². The normalized spacial score (nSPS) is 15.3. The molecular formula is C12H22N2OS. The first-order valence-corrected chi connectivity index (χ1v) is 7.03. The van der Waals surface area contributed by atoms with Crippen LogP contribution in [0.2, 0.25) is 0 Å². The Morgan fingerprint density at radius 1 is 1.56 bits per heavy atom. The zero-order chi connectivity index (χ0) is 12.0. The van der Waals surface area contributed by atoms with Gasteiger partial charge in [-0.25, -0.2) is 0 Å². The number of rotatable bonds is 7. The minimum atomic E-state index is 0.260. The first kappa shape index (κ1) is 13.6. The molecule has 1 heterocycles. The van der Waals surface area contributed by atoms with Crippen molar-refractivity contribution in [3.63, 3.8) is 0 Å². The molecule has 0 saturated heterocycles. The van der Waals surface area contributed by atoms with Gasteiger partial charge in [-0.1, -0.05) is 0 Å². The van der Waals surface area contributed by atoms with Crippen LogP contribution >= 0.6 is 11.8 Å². The summed E-state index contributed by atoms with van der Waals surface area (Å²) in [4.78, 5) is 2.33. The van der Waals surface area contributed by atoms with Gasteiger partial charge < -0.3 is 10.2 Å². The SMILES string of the molecule is CSCCC(C)N(C)C(CN)c1ccoc1. The van der Waals surface area contributed by atoms with Crippen molar-refractivity contribution in [2.45, 2.75) is 25.4 Å². The topological polar surface area (TPSA) is 42.4 Å². The van der Waals surface area contributed by atoms with Crippen molar-refractivity contribution in [1.29, 1.82) is 0 Å². The quantitative estimate of drug-likeness (QED) is 0.797. The van der Waals surface area contributed by atoms with Gasteiger partial charge in [-0.05, 0) is 38.5 Å². The van der Waals surface area contributed by atoms with Crippen LogP contribution in [0.15, 0.2) is 23.0 Å². The molecule has 16 heavy (non-hydrogen) atoms. The molecule has 0 radical (unpaired) electrons. The second-order valence-corrected chi connectivity index (χ2v) is 5.09. The molecule has 2 N–H and O–H groups in total. The Kier molecular flexibility index (Phi) is 5.95. The van der Waals surface area contributed by atoms with Crippen LogP contribution in [0.5, 0.6) is 0 Å². The average molecular weight is 242 g/mol. The predicted molar refractivity (Wildman–Crippen MR) is 70.7 cm³/mol. The molecule has 0 aliphatic rings. The van der Waals surface area contributed by atoms with E-state index in [4.69, 9.17) is 10.2 Å². The van der Waals surface area contributed by atoms with E-state index < -0.39 is 0 Å². The van der Waals surface area contributed by atoms with Gasteiger partial charge in [0.05, 0.1) is 18.6 Å². The minimum Gasteiger partial charge on any atom is -0.472 e. The Balaban J connectivity index is 2.58. The van der Waals surface area contributed by atoms with Crippen molar-refractivity contribution < 1.29 is 4.42 Å². The molecule has 1 aromatic heterocycles. The Bertz CT molecular complexity index is 277. The van der Waals surface area contributed by atoms with E-state index in [1.54, 1.807) is 12.5 Å². The van der Waals surface area contributed by atoms with Gasteiger partial charge in [0.25, 0.3) is 0 Å². The Morgan fingerprint density at radius 2 is 2.31 bits per heavy atom. The molecule has 1 aromatic rings. The Hall–Kier alpha value is -0.450. The van der Waals surface area contributed by atoms with Gasteiger partial charge >= 0.3 is 0 Å². The Morgan fingerprint density at radius 3 is 2.81 bits per heavy atom. The van der Waals surface area contributed by atoms with Crippen LogP contribution in [0.4, 0.5) is 0 Å². The van der Waals surface area contributed by atoms with Crippen molar-refractivity contribution in [2.75, 3.05) is 25.6 Å². The second kappa shape index (κ2) is 6.99. The molecule has 0 amide bonds. The molecular weight excluding hydrogens is 220 g/mol. The molecule has 2 unspecified atom stereocenters. The van der Waals surface area contributed by atoms with E-state index in [0.29, 0.717) is 12.6 Å². The molecule has 0 saturated carbocycles. The van der Waals surface area contributed by atoms with E-state index in [9.17, 15) is 0 Å². The molecule has 3 nitrogen and oxygen atoms in total. The predicted octanol–water partition coefficient (Wildman–Crippen LogP) is 2.35. The average Bonchev–Trinajstić information content (AvgIpc) is 2.80. The highest BCUT2D eigenvalue weighted by atomic mass is 32.2. The summed E-state index contributed by atoms with van der Waals surface area (Å²) in [5.41, 5.74) is 7.01. The summed E-state index contributed by atoms with van der Waals surface area (Å²) in [5.74, 6) is 1.19. The summed E-state index contributed by atoms with van der Waals surface area (Å²) >= 11 is 1.89. The maximum Gasteiger partial charge on any atom is 0.0950 e. The van der Waals surface area contributed by atoms with Crippen molar-refractivity contribution >= 4 is 11.8 Å². The van der Waals surface area contributed by atoms with E-state index in [2.05, 4.69) is 25.1 Å². The molecule has 0 fully saturated rings. The molecule has 0 aromatic carbocycles. The first-order valence-electron chi connectivity index (χ1n) is 5.63. The molecule has 0 aliphatic carbocycles. The van der Waals surface area contributed by atoms with Gasteiger partial charge in [-0.15, -0.1) is 0 Å². The van der Waals surface area contributed by atoms with E-state index in [1.165, 1.54) is 17.7 Å². The number of hydrogen-bond donors (Lipinski definition) is 1. The van der Waals surface area contributed by atoms with E-state index in [1.807, 2.05) is 17.8 Å². The van der Waals surface area contributed by atoms with Crippen LogP contribution < -0.4 is 5.73 Å². The molecule has 0 aliphatic heterocycles. The van der Waals surface area contributed by atoms with E-state index in [-0.39, 0.29) is 6.04 Å². The third-order valence-corrected chi connectivity index (χ3v) is 3.72. The van der Waals surface area contributed by atoms with E-state index >= 15 is 0 Å². The lowest BCUT2D eigenvalue weighted by Crippen LogP contribution is -2.37. The lowest BCUT2D eigenvalue weighted by Gasteiger charge is -2.31. The fourth-order valence-electron chi connectivity index (χ4n) is 1.80. The van der Waals surface area contributed by atoms with Crippen LogP contribution in [0, 0.1) is 0 Å². The van der Waals surface area contributed by atoms with Crippen molar-refractivity contribution in [2.24, 2.45) is 5.73 Å². The van der Waals surface area contributed by atoms with Crippen LogP contribution in [0.3, 0.4) is 0 Å². The fourth-order valence-corrected chi connectivity index (χ4v) is 2.38. The molecule has 2 atom stereocenters. The smallest absolute Gasteiger partial charge is 0.0950 e. The van der Waals surface area contributed by atoms with Crippen LogP contribution in [-0.4, -0.2) is 36.5 Å². The van der Waals surface area contributed by atoms with Crippen molar-refractivity contribution in [3.8, 4) is 0 Å². The number of thioether (sulfide) groups is 1.